The molecule has 0 unspecified atom stereocenters. The maximum absolute atomic E-state index is 12.7. The van der Waals surface area contributed by atoms with E-state index >= 15 is 0 Å². The number of rotatable bonds is 10. The summed E-state index contributed by atoms with van der Waals surface area (Å²) >= 11 is 0. The van der Waals surface area contributed by atoms with Gasteiger partial charge in [-0.25, -0.2) is 9.59 Å². The van der Waals surface area contributed by atoms with Gasteiger partial charge in [0.15, 0.2) is 6.04 Å². The first-order valence-electron chi connectivity index (χ1n) is 11.0. The molecule has 3 rings (SSSR count). The van der Waals surface area contributed by atoms with E-state index < -0.39 is 29.9 Å². The molecule has 0 radical (unpaired) electrons. The second kappa shape index (κ2) is 12.3. The lowest BCUT2D eigenvalue weighted by atomic mass is 10.0. The summed E-state index contributed by atoms with van der Waals surface area (Å²) in [5.41, 5.74) is 3.14. The molecule has 2 atom stereocenters. The number of nitrogens with one attached hydrogen (secondary N) is 2. The van der Waals surface area contributed by atoms with E-state index in [1.54, 1.807) is 26.1 Å². The highest BCUT2D eigenvalue weighted by atomic mass is 16.6. The summed E-state index contributed by atoms with van der Waals surface area (Å²) in [5.74, 6) is -1.70. The number of likely N-dealkylation sites (N-methyl/N-ethyl adjacent to an activating group) is 1. The van der Waals surface area contributed by atoms with Crippen molar-refractivity contribution in [1.29, 1.82) is 0 Å². The van der Waals surface area contributed by atoms with E-state index in [-0.39, 0.29) is 13.2 Å². The van der Waals surface area contributed by atoms with Crippen molar-refractivity contribution in [3.8, 4) is 11.1 Å². The van der Waals surface area contributed by atoms with Gasteiger partial charge in [0.05, 0.1) is 11.6 Å². The molecular formula is C27H28N2O5. The van der Waals surface area contributed by atoms with Gasteiger partial charge in [-0.15, -0.1) is 0 Å². The quantitative estimate of drug-likeness (QED) is 0.451. The molecule has 0 spiro atoms. The van der Waals surface area contributed by atoms with Crippen molar-refractivity contribution < 1.29 is 23.9 Å². The summed E-state index contributed by atoms with van der Waals surface area (Å²) in [6, 6.07) is 24.3. The van der Waals surface area contributed by atoms with Crippen molar-refractivity contribution in [2.75, 3.05) is 13.7 Å². The maximum atomic E-state index is 12.7. The van der Waals surface area contributed by atoms with Crippen molar-refractivity contribution >= 4 is 17.8 Å². The largest absolute Gasteiger partial charge is 0.459 e. The molecule has 2 N–H and O–H groups in total. The van der Waals surface area contributed by atoms with Crippen LogP contribution in [0.4, 0.5) is 0 Å². The normalized spacial score (nSPS) is 12.3. The fourth-order valence-electron chi connectivity index (χ4n) is 3.10. The molecular weight excluding hydrogens is 432 g/mol. The molecule has 0 fully saturated rings. The highest BCUT2D eigenvalue weighted by Crippen LogP contribution is 2.19. The Morgan fingerprint density at radius 2 is 1.38 bits per heavy atom. The summed E-state index contributed by atoms with van der Waals surface area (Å²) in [6.45, 7) is 1.35. The molecule has 7 nitrogen and oxygen atoms in total. The van der Waals surface area contributed by atoms with Gasteiger partial charge in [-0.05, 0) is 42.8 Å². The summed E-state index contributed by atoms with van der Waals surface area (Å²) in [6.07, 6.45) is 0. The van der Waals surface area contributed by atoms with Gasteiger partial charge in [0.1, 0.15) is 13.2 Å². The molecule has 176 valence electrons. The van der Waals surface area contributed by atoms with Crippen LogP contribution in [0.5, 0.6) is 0 Å². The van der Waals surface area contributed by atoms with E-state index in [1.807, 2.05) is 72.8 Å². The Kier molecular flexibility index (Phi) is 8.94. The predicted octanol–water partition coefficient (Wildman–Crippen LogP) is 3.35. The number of hydrogen-bond acceptors (Lipinski definition) is 6. The van der Waals surface area contributed by atoms with E-state index in [1.165, 1.54) is 0 Å². The fourth-order valence-corrected chi connectivity index (χ4v) is 3.10. The number of carbonyl (C=O) groups excluding carboxylic acids is 3. The fraction of sp³-hybridized carbons (Fsp3) is 0.222. The van der Waals surface area contributed by atoms with Gasteiger partial charge in [0.25, 0.3) is 0 Å². The number of hydrogen-bond donors (Lipinski definition) is 2. The molecule has 0 bridgehead atoms. The lowest BCUT2D eigenvalue weighted by molar-refractivity contribution is -0.150. The highest BCUT2D eigenvalue weighted by molar-refractivity contribution is 5.91. The summed E-state index contributed by atoms with van der Waals surface area (Å²) in [5, 5.41) is 5.39. The lowest BCUT2D eigenvalue weighted by Crippen LogP contribution is -2.50. The minimum Gasteiger partial charge on any atom is -0.459 e. The molecule has 1 amide bonds. The first kappa shape index (κ1) is 24.7. The SMILES string of the molecule is CN[C@@H](C)C(=O)N[C@@H](COC(=O)c1ccc(-c2ccccc2)cc1)C(=O)OCc1ccccc1. The van der Waals surface area contributed by atoms with E-state index in [2.05, 4.69) is 10.6 Å². The Bertz CT molecular complexity index is 1090. The summed E-state index contributed by atoms with van der Waals surface area (Å²) < 4.78 is 10.7. The zero-order valence-corrected chi connectivity index (χ0v) is 19.2. The number of esters is 2. The van der Waals surface area contributed by atoms with E-state index in [0.717, 1.165) is 16.7 Å². The molecule has 0 aliphatic rings. The summed E-state index contributed by atoms with van der Waals surface area (Å²) in [7, 11) is 1.63. The molecule has 0 heterocycles. The molecule has 0 saturated carbocycles. The molecule has 3 aromatic carbocycles. The predicted molar refractivity (Wildman–Crippen MR) is 129 cm³/mol. The van der Waals surface area contributed by atoms with Gasteiger partial charge >= 0.3 is 11.9 Å². The topological polar surface area (TPSA) is 93.7 Å². The maximum Gasteiger partial charge on any atom is 0.338 e. The highest BCUT2D eigenvalue weighted by Gasteiger charge is 2.26. The minimum absolute atomic E-state index is 0.0442. The Morgan fingerprint density at radius 1 is 0.794 bits per heavy atom. The molecule has 34 heavy (non-hydrogen) atoms. The average Bonchev–Trinajstić information content (AvgIpc) is 2.90. The van der Waals surface area contributed by atoms with Crippen LogP contribution in [0.3, 0.4) is 0 Å². The van der Waals surface area contributed by atoms with Crippen LogP contribution in [0.2, 0.25) is 0 Å². The van der Waals surface area contributed by atoms with Crippen molar-refractivity contribution in [2.45, 2.75) is 25.6 Å². The van der Waals surface area contributed by atoms with Crippen LogP contribution in [0.15, 0.2) is 84.9 Å². The first-order chi connectivity index (χ1) is 16.5. The van der Waals surface area contributed by atoms with Gasteiger partial charge in [0, 0.05) is 0 Å². The van der Waals surface area contributed by atoms with Gasteiger partial charge in [0.2, 0.25) is 5.91 Å². The number of amides is 1. The molecule has 0 aliphatic heterocycles. The minimum atomic E-state index is -1.14. The van der Waals surface area contributed by atoms with Gasteiger partial charge < -0.3 is 20.1 Å². The Morgan fingerprint density at radius 3 is 2.00 bits per heavy atom. The molecule has 3 aromatic rings. The molecule has 7 heteroatoms. The third-order valence-electron chi connectivity index (χ3n) is 5.26. The molecule has 0 saturated heterocycles. The van der Waals surface area contributed by atoms with Crippen LogP contribution in [-0.4, -0.2) is 43.6 Å². The standard InChI is InChI=1S/C27H28N2O5/c1-19(28-2)25(30)29-24(27(32)33-17-20-9-5-3-6-10-20)18-34-26(31)23-15-13-22(14-16-23)21-11-7-4-8-12-21/h3-16,19,24,28H,17-18H2,1-2H3,(H,29,30)/t19-,24-/m0/s1. The van der Waals surface area contributed by atoms with Crippen LogP contribution in [0, 0.1) is 0 Å². The van der Waals surface area contributed by atoms with Crippen LogP contribution >= 0.6 is 0 Å². The third-order valence-corrected chi connectivity index (χ3v) is 5.26. The van der Waals surface area contributed by atoms with E-state index in [4.69, 9.17) is 9.47 Å². The van der Waals surface area contributed by atoms with Crippen LogP contribution < -0.4 is 10.6 Å². The zero-order chi connectivity index (χ0) is 24.3. The van der Waals surface area contributed by atoms with Crippen LogP contribution in [0.25, 0.3) is 11.1 Å². The van der Waals surface area contributed by atoms with Gasteiger partial charge in [-0.2, -0.15) is 0 Å². The third kappa shape index (κ3) is 7.02. The Hall–Kier alpha value is -3.97. The van der Waals surface area contributed by atoms with Crippen molar-refractivity contribution in [3.63, 3.8) is 0 Å². The average molecular weight is 461 g/mol. The van der Waals surface area contributed by atoms with E-state index in [0.29, 0.717) is 5.56 Å². The Balaban J connectivity index is 1.63. The number of benzene rings is 3. The first-order valence-corrected chi connectivity index (χ1v) is 11.0. The monoisotopic (exact) mass is 460 g/mol. The number of ether oxygens (including phenoxy) is 2. The van der Waals surface area contributed by atoms with Crippen LogP contribution in [-0.2, 0) is 25.7 Å². The van der Waals surface area contributed by atoms with Crippen molar-refractivity contribution in [1.82, 2.24) is 10.6 Å². The second-order valence-corrected chi connectivity index (χ2v) is 7.71. The lowest BCUT2D eigenvalue weighted by Gasteiger charge is -2.20. The molecule has 0 aliphatic carbocycles. The Labute approximate surface area is 199 Å². The van der Waals surface area contributed by atoms with Crippen molar-refractivity contribution in [3.05, 3.63) is 96.1 Å². The van der Waals surface area contributed by atoms with Gasteiger partial charge in [-0.3, -0.25) is 4.79 Å². The zero-order valence-electron chi connectivity index (χ0n) is 19.2. The van der Waals surface area contributed by atoms with Gasteiger partial charge in [-0.1, -0.05) is 72.8 Å². The van der Waals surface area contributed by atoms with Crippen molar-refractivity contribution in [2.24, 2.45) is 0 Å². The van der Waals surface area contributed by atoms with E-state index in [9.17, 15) is 14.4 Å². The smallest absolute Gasteiger partial charge is 0.338 e. The molecule has 0 aromatic heterocycles. The summed E-state index contributed by atoms with van der Waals surface area (Å²) in [4.78, 5) is 37.6. The second-order valence-electron chi connectivity index (χ2n) is 7.71. The number of carbonyl (C=O) groups is 3. The van der Waals surface area contributed by atoms with Crippen LogP contribution in [0.1, 0.15) is 22.8 Å².